The van der Waals surface area contributed by atoms with Gasteiger partial charge in [-0.2, -0.15) is 0 Å². The molecule has 0 heterocycles. The molecule has 0 aromatic heterocycles. The van der Waals surface area contributed by atoms with Crippen molar-refractivity contribution in [3.63, 3.8) is 0 Å². The molecule has 0 saturated heterocycles. The summed E-state index contributed by atoms with van der Waals surface area (Å²) in [7, 11) is 3.14. The number of carbonyl (C=O) groups excluding carboxylic acids is 1. The highest BCUT2D eigenvalue weighted by Crippen LogP contribution is 2.17. The standard InChI is InChI=1S/C16H18N2O3/c1-20-16(21-2)13-10-8-12(9-11-13)15(19)18-17-14-6-4-3-5-7-14/h3-11,16-17H,1-2H3,(H,18,19). The fourth-order valence-corrected chi connectivity index (χ4v) is 1.88. The first kappa shape index (κ1) is 15.0. The molecule has 0 atom stereocenters. The van der Waals surface area contributed by atoms with Crippen LogP contribution in [0.3, 0.4) is 0 Å². The Labute approximate surface area is 123 Å². The summed E-state index contributed by atoms with van der Waals surface area (Å²) < 4.78 is 10.3. The van der Waals surface area contributed by atoms with Crippen molar-refractivity contribution in [2.45, 2.75) is 6.29 Å². The number of rotatable bonds is 6. The zero-order valence-electron chi connectivity index (χ0n) is 12.0. The van der Waals surface area contributed by atoms with Crippen LogP contribution in [0.25, 0.3) is 0 Å². The van der Waals surface area contributed by atoms with E-state index in [1.54, 1.807) is 38.5 Å². The van der Waals surface area contributed by atoms with Crippen LogP contribution in [0.15, 0.2) is 54.6 Å². The monoisotopic (exact) mass is 286 g/mol. The van der Waals surface area contributed by atoms with Gasteiger partial charge in [-0.1, -0.05) is 30.3 Å². The Bertz CT molecular complexity index is 566. The number of hydrogen-bond acceptors (Lipinski definition) is 4. The molecular weight excluding hydrogens is 268 g/mol. The smallest absolute Gasteiger partial charge is 0.269 e. The molecule has 1 amide bonds. The van der Waals surface area contributed by atoms with Crippen molar-refractivity contribution < 1.29 is 14.3 Å². The summed E-state index contributed by atoms with van der Waals surface area (Å²) in [5.41, 5.74) is 7.72. The molecule has 0 fully saturated rings. The van der Waals surface area contributed by atoms with Crippen LogP contribution in [0, 0.1) is 0 Å². The van der Waals surface area contributed by atoms with E-state index in [0.29, 0.717) is 5.56 Å². The van der Waals surface area contributed by atoms with Gasteiger partial charge in [-0.05, 0) is 24.3 Å². The lowest BCUT2D eigenvalue weighted by Gasteiger charge is -2.14. The van der Waals surface area contributed by atoms with Gasteiger partial charge in [0.1, 0.15) is 0 Å². The fourth-order valence-electron chi connectivity index (χ4n) is 1.88. The number of hydrogen-bond donors (Lipinski definition) is 2. The van der Waals surface area contributed by atoms with Crippen molar-refractivity contribution in [1.29, 1.82) is 0 Å². The zero-order valence-corrected chi connectivity index (χ0v) is 12.0. The number of hydrazine groups is 1. The molecule has 21 heavy (non-hydrogen) atoms. The van der Waals surface area contributed by atoms with E-state index in [2.05, 4.69) is 10.9 Å². The third-order valence-corrected chi connectivity index (χ3v) is 2.97. The van der Waals surface area contributed by atoms with Gasteiger partial charge in [-0.3, -0.25) is 15.6 Å². The third kappa shape index (κ3) is 4.05. The van der Waals surface area contributed by atoms with Gasteiger partial charge in [-0.25, -0.2) is 0 Å². The van der Waals surface area contributed by atoms with Crippen LogP contribution in [0.1, 0.15) is 22.2 Å². The van der Waals surface area contributed by atoms with E-state index < -0.39 is 6.29 Å². The Hall–Kier alpha value is -2.37. The SMILES string of the molecule is COC(OC)c1ccc(C(=O)NNc2ccccc2)cc1. The maximum absolute atomic E-state index is 12.0. The van der Waals surface area contributed by atoms with Crippen LogP contribution in [0.4, 0.5) is 5.69 Å². The molecule has 0 aliphatic heterocycles. The molecule has 0 unspecified atom stereocenters. The summed E-state index contributed by atoms with van der Waals surface area (Å²) in [5, 5.41) is 0. The number of nitrogens with one attached hydrogen (secondary N) is 2. The second-order valence-corrected chi connectivity index (χ2v) is 4.37. The van der Waals surface area contributed by atoms with Crippen LogP contribution in [0.2, 0.25) is 0 Å². The first-order valence-corrected chi connectivity index (χ1v) is 6.51. The minimum atomic E-state index is -0.426. The lowest BCUT2D eigenvalue weighted by molar-refractivity contribution is -0.106. The van der Waals surface area contributed by atoms with Crippen molar-refractivity contribution in [1.82, 2.24) is 5.43 Å². The molecule has 110 valence electrons. The normalized spacial score (nSPS) is 10.4. The van der Waals surface area contributed by atoms with Gasteiger partial charge in [0, 0.05) is 25.3 Å². The summed E-state index contributed by atoms with van der Waals surface area (Å²) in [6, 6.07) is 16.5. The Morgan fingerprint density at radius 2 is 1.57 bits per heavy atom. The molecule has 2 aromatic rings. The first-order valence-electron chi connectivity index (χ1n) is 6.51. The highest BCUT2D eigenvalue weighted by molar-refractivity contribution is 5.94. The topological polar surface area (TPSA) is 59.6 Å². The summed E-state index contributed by atoms with van der Waals surface area (Å²) in [4.78, 5) is 12.0. The molecule has 0 saturated carbocycles. The van der Waals surface area contributed by atoms with E-state index in [1.807, 2.05) is 30.3 Å². The largest absolute Gasteiger partial charge is 0.352 e. The van der Waals surface area contributed by atoms with Gasteiger partial charge in [0.2, 0.25) is 0 Å². The van der Waals surface area contributed by atoms with Crippen LogP contribution >= 0.6 is 0 Å². The molecular formula is C16H18N2O3. The van der Waals surface area contributed by atoms with Crippen LogP contribution in [-0.4, -0.2) is 20.1 Å². The van der Waals surface area contributed by atoms with Crippen molar-refractivity contribution in [2.24, 2.45) is 0 Å². The average molecular weight is 286 g/mol. The Kier molecular flexibility index (Phi) is 5.31. The van der Waals surface area contributed by atoms with E-state index in [-0.39, 0.29) is 5.91 Å². The van der Waals surface area contributed by atoms with Crippen molar-refractivity contribution >= 4 is 11.6 Å². The quantitative estimate of drug-likeness (QED) is 0.633. The lowest BCUT2D eigenvalue weighted by atomic mass is 10.1. The molecule has 0 radical (unpaired) electrons. The first-order chi connectivity index (χ1) is 10.2. The number of methoxy groups -OCH3 is 2. The molecule has 2 aromatic carbocycles. The van der Waals surface area contributed by atoms with Gasteiger partial charge in [0.25, 0.3) is 5.91 Å². The number of carbonyl (C=O) groups is 1. The second kappa shape index (κ2) is 7.42. The Balaban J connectivity index is 1.97. The average Bonchev–Trinajstić information content (AvgIpc) is 2.55. The number of amides is 1. The van der Waals surface area contributed by atoms with Crippen molar-refractivity contribution in [2.75, 3.05) is 19.6 Å². The van der Waals surface area contributed by atoms with E-state index in [4.69, 9.17) is 9.47 Å². The van der Waals surface area contributed by atoms with E-state index in [9.17, 15) is 4.79 Å². The van der Waals surface area contributed by atoms with Crippen molar-refractivity contribution in [3.8, 4) is 0 Å². The van der Waals surface area contributed by atoms with Gasteiger partial charge in [0.15, 0.2) is 6.29 Å². The lowest BCUT2D eigenvalue weighted by Crippen LogP contribution is -2.29. The minimum Gasteiger partial charge on any atom is -0.352 e. The van der Waals surface area contributed by atoms with Gasteiger partial charge < -0.3 is 9.47 Å². The molecule has 0 aliphatic rings. The third-order valence-electron chi connectivity index (χ3n) is 2.97. The summed E-state index contributed by atoms with van der Waals surface area (Å²) in [6.45, 7) is 0. The molecule has 2 rings (SSSR count). The summed E-state index contributed by atoms with van der Waals surface area (Å²) in [5.74, 6) is -0.211. The highest BCUT2D eigenvalue weighted by Gasteiger charge is 2.10. The Morgan fingerprint density at radius 1 is 0.952 bits per heavy atom. The fraction of sp³-hybridized carbons (Fsp3) is 0.188. The van der Waals surface area contributed by atoms with Gasteiger partial charge in [-0.15, -0.1) is 0 Å². The molecule has 2 N–H and O–H groups in total. The predicted molar refractivity (Wildman–Crippen MR) is 80.7 cm³/mol. The Morgan fingerprint density at radius 3 is 2.14 bits per heavy atom. The molecule has 5 nitrogen and oxygen atoms in total. The summed E-state index contributed by atoms with van der Waals surface area (Å²) in [6.07, 6.45) is -0.426. The minimum absolute atomic E-state index is 0.211. The number of ether oxygens (including phenoxy) is 2. The van der Waals surface area contributed by atoms with Gasteiger partial charge in [0.05, 0.1) is 5.69 Å². The van der Waals surface area contributed by atoms with Crippen LogP contribution in [0.5, 0.6) is 0 Å². The predicted octanol–water partition coefficient (Wildman–Crippen LogP) is 2.73. The van der Waals surface area contributed by atoms with E-state index in [1.165, 1.54) is 0 Å². The van der Waals surface area contributed by atoms with Gasteiger partial charge >= 0.3 is 0 Å². The number of anilines is 1. The second-order valence-electron chi connectivity index (χ2n) is 4.37. The molecule has 0 aliphatic carbocycles. The van der Waals surface area contributed by atoms with Crippen molar-refractivity contribution in [3.05, 3.63) is 65.7 Å². The van der Waals surface area contributed by atoms with E-state index >= 15 is 0 Å². The maximum Gasteiger partial charge on any atom is 0.269 e. The number of para-hydroxylation sites is 1. The molecule has 0 spiro atoms. The van der Waals surface area contributed by atoms with Crippen LogP contribution < -0.4 is 10.9 Å². The molecule has 5 heteroatoms. The molecule has 0 bridgehead atoms. The van der Waals surface area contributed by atoms with E-state index in [0.717, 1.165) is 11.3 Å². The highest BCUT2D eigenvalue weighted by atomic mass is 16.7. The zero-order chi connectivity index (χ0) is 15.1. The summed E-state index contributed by atoms with van der Waals surface area (Å²) >= 11 is 0. The maximum atomic E-state index is 12.0. The van der Waals surface area contributed by atoms with Crippen LogP contribution in [-0.2, 0) is 9.47 Å². The number of benzene rings is 2.